The Kier molecular flexibility index (Phi) is 5.59. The summed E-state index contributed by atoms with van der Waals surface area (Å²) in [5, 5.41) is 20.6. The van der Waals surface area contributed by atoms with Crippen LogP contribution < -0.4 is 5.32 Å². The largest absolute Gasteiger partial charge is 0.444 e. The fourth-order valence-corrected chi connectivity index (χ4v) is 3.59. The van der Waals surface area contributed by atoms with Gasteiger partial charge in [0.25, 0.3) is 11.6 Å². The van der Waals surface area contributed by atoms with E-state index in [0.29, 0.717) is 23.4 Å². The molecular formula is C23H23N5O5. The van der Waals surface area contributed by atoms with Crippen molar-refractivity contribution in [3.05, 3.63) is 75.3 Å². The molecule has 4 rings (SSSR count). The number of rotatable bonds is 4. The number of amides is 2. The van der Waals surface area contributed by atoms with E-state index < -0.39 is 16.6 Å². The number of carbonyl (C=O) groups is 2. The van der Waals surface area contributed by atoms with E-state index in [9.17, 15) is 19.7 Å². The highest BCUT2D eigenvalue weighted by atomic mass is 16.6. The Labute approximate surface area is 189 Å². The van der Waals surface area contributed by atoms with Crippen molar-refractivity contribution in [2.45, 2.75) is 39.5 Å². The monoisotopic (exact) mass is 449 g/mol. The maximum atomic E-state index is 13.0. The van der Waals surface area contributed by atoms with E-state index >= 15 is 0 Å². The van der Waals surface area contributed by atoms with E-state index in [2.05, 4.69) is 15.5 Å². The summed E-state index contributed by atoms with van der Waals surface area (Å²) in [5.41, 5.74) is 2.54. The van der Waals surface area contributed by atoms with Crippen LogP contribution in [0.4, 0.5) is 16.3 Å². The number of H-pyrrole nitrogens is 1. The van der Waals surface area contributed by atoms with E-state index in [4.69, 9.17) is 4.74 Å². The van der Waals surface area contributed by atoms with Crippen LogP contribution in [0.1, 0.15) is 42.3 Å². The lowest BCUT2D eigenvalue weighted by atomic mass is 10.0. The first-order valence-corrected chi connectivity index (χ1v) is 10.3. The van der Waals surface area contributed by atoms with Gasteiger partial charge in [-0.05, 0) is 38.0 Å². The summed E-state index contributed by atoms with van der Waals surface area (Å²) in [6, 6.07) is 13.1. The number of aromatic amines is 1. The number of non-ortho nitro benzene ring substituents is 1. The second-order valence-electron chi connectivity index (χ2n) is 8.71. The summed E-state index contributed by atoms with van der Waals surface area (Å²) in [5.74, 6) is -0.0870. The van der Waals surface area contributed by atoms with Crippen molar-refractivity contribution in [3.63, 3.8) is 0 Å². The lowest BCUT2D eigenvalue weighted by Crippen LogP contribution is -2.33. The number of hydrogen-bond acceptors (Lipinski definition) is 6. The van der Waals surface area contributed by atoms with Crippen molar-refractivity contribution >= 4 is 23.5 Å². The van der Waals surface area contributed by atoms with Crippen LogP contribution in [0.3, 0.4) is 0 Å². The molecule has 0 aliphatic carbocycles. The van der Waals surface area contributed by atoms with Gasteiger partial charge in [0.1, 0.15) is 5.60 Å². The third kappa shape index (κ3) is 4.84. The smallest absolute Gasteiger partial charge is 0.410 e. The van der Waals surface area contributed by atoms with E-state index in [1.54, 1.807) is 56.0 Å². The number of aromatic nitrogens is 2. The Hall–Kier alpha value is -4.21. The predicted molar refractivity (Wildman–Crippen MR) is 121 cm³/mol. The van der Waals surface area contributed by atoms with Crippen LogP contribution in [-0.2, 0) is 17.8 Å². The first-order valence-electron chi connectivity index (χ1n) is 10.3. The van der Waals surface area contributed by atoms with Crippen LogP contribution in [0, 0.1) is 10.1 Å². The SMILES string of the molecule is CC(C)(C)OC(=O)N1Cc2cccc(C(=O)Nc3cc(-c4cccc([N+](=O)[O-])c4)[nH]n3)c2C1. The minimum Gasteiger partial charge on any atom is -0.444 e. The summed E-state index contributed by atoms with van der Waals surface area (Å²) in [6.45, 7) is 6.05. The van der Waals surface area contributed by atoms with Gasteiger partial charge >= 0.3 is 6.09 Å². The number of fused-ring (bicyclic) bond motifs is 1. The zero-order chi connectivity index (χ0) is 23.8. The molecule has 1 aliphatic rings. The Morgan fingerprint density at radius 2 is 1.91 bits per heavy atom. The van der Waals surface area contributed by atoms with Crippen molar-refractivity contribution in [2.75, 3.05) is 5.32 Å². The Morgan fingerprint density at radius 3 is 2.64 bits per heavy atom. The highest BCUT2D eigenvalue weighted by molar-refractivity contribution is 6.05. The molecule has 0 fully saturated rings. The molecule has 0 saturated heterocycles. The van der Waals surface area contributed by atoms with Crippen LogP contribution >= 0.6 is 0 Å². The molecule has 2 heterocycles. The normalized spacial score (nSPS) is 12.9. The minimum absolute atomic E-state index is 0.0397. The molecule has 0 atom stereocenters. The molecule has 0 radical (unpaired) electrons. The first kappa shape index (κ1) is 22.0. The highest BCUT2D eigenvalue weighted by Gasteiger charge is 2.30. The van der Waals surface area contributed by atoms with Crippen molar-refractivity contribution in [1.82, 2.24) is 15.1 Å². The van der Waals surface area contributed by atoms with E-state index in [-0.39, 0.29) is 24.0 Å². The molecule has 2 amide bonds. The number of nitro groups is 1. The molecule has 1 aliphatic heterocycles. The van der Waals surface area contributed by atoms with E-state index in [1.807, 2.05) is 6.07 Å². The van der Waals surface area contributed by atoms with Crippen LogP contribution in [0.15, 0.2) is 48.5 Å². The third-order valence-corrected chi connectivity index (χ3v) is 5.07. The zero-order valence-corrected chi connectivity index (χ0v) is 18.4. The molecule has 2 aromatic carbocycles. The first-order chi connectivity index (χ1) is 15.6. The van der Waals surface area contributed by atoms with Crippen LogP contribution in [0.2, 0.25) is 0 Å². The molecule has 0 saturated carbocycles. The average molecular weight is 449 g/mol. The second kappa shape index (κ2) is 8.38. The molecule has 2 N–H and O–H groups in total. The number of nitrogens with zero attached hydrogens (tertiary/aromatic N) is 3. The molecule has 10 nitrogen and oxygen atoms in total. The fourth-order valence-electron chi connectivity index (χ4n) is 3.59. The fraction of sp³-hybridized carbons (Fsp3) is 0.261. The number of nitro benzene ring substituents is 1. The molecule has 10 heteroatoms. The van der Waals surface area contributed by atoms with E-state index in [1.165, 1.54) is 12.1 Å². The molecule has 33 heavy (non-hydrogen) atoms. The van der Waals surface area contributed by atoms with Gasteiger partial charge in [0, 0.05) is 35.9 Å². The minimum atomic E-state index is -0.608. The molecule has 170 valence electrons. The maximum Gasteiger partial charge on any atom is 0.410 e. The number of nitrogens with one attached hydrogen (secondary N) is 2. The standard InChI is InChI=1S/C23H23N5O5/c1-23(2,3)33-22(30)27-12-15-7-5-9-17(18(15)13-27)21(29)24-20-11-19(25-26-20)14-6-4-8-16(10-14)28(31)32/h4-11H,12-13H2,1-3H3,(H2,24,25,26,29). The topological polar surface area (TPSA) is 130 Å². The van der Waals surface area contributed by atoms with Crippen molar-refractivity contribution in [3.8, 4) is 11.3 Å². The summed E-state index contributed by atoms with van der Waals surface area (Å²) in [6.07, 6.45) is -0.432. The van der Waals surface area contributed by atoms with Gasteiger partial charge in [-0.3, -0.25) is 24.9 Å². The highest BCUT2D eigenvalue weighted by Crippen LogP contribution is 2.29. The van der Waals surface area contributed by atoms with E-state index in [0.717, 1.165) is 11.1 Å². The van der Waals surface area contributed by atoms with Crippen molar-refractivity contribution in [2.24, 2.45) is 0 Å². The Bertz CT molecular complexity index is 1240. The van der Waals surface area contributed by atoms with Gasteiger partial charge in [-0.15, -0.1) is 0 Å². The van der Waals surface area contributed by atoms with Gasteiger partial charge in [-0.1, -0.05) is 24.3 Å². The Balaban J connectivity index is 1.50. The molecule has 3 aromatic rings. The second-order valence-corrected chi connectivity index (χ2v) is 8.71. The summed E-state index contributed by atoms with van der Waals surface area (Å²) in [4.78, 5) is 37.5. The number of benzene rings is 2. The van der Waals surface area contributed by atoms with Gasteiger partial charge in [0.15, 0.2) is 5.82 Å². The zero-order valence-electron chi connectivity index (χ0n) is 18.4. The summed E-state index contributed by atoms with van der Waals surface area (Å²) >= 11 is 0. The van der Waals surface area contributed by atoms with Crippen molar-refractivity contribution < 1.29 is 19.2 Å². The molecular weight excluding hydrogens is 426 g/mol. The number of hydrogen-bond donors (Lipinski definition) is 2. The average Bonchev–Trinajstić information content (AvgIpc) is 3.39. The maximum absolute atomic E-state index is 13.0. The van der Waals surface area contributed by atoms with Crippen LogP contribution in [0.5, 0.6) is 0 Å². The molecule has 0 spiro atoms. The summed E-state index contributed by atoms with van der Waals surface area (Å²) < 4.78 is 5.45. The Morgan fingerprint density at radius 1 is 1.15 bits per heavy atom. The van der Waals surface area contributed by atoms with Gasteiger partial charge in [-0.25, -0.2) is 4.79 Å². The number of ether oxygens (including phenoxy) is 1. The molecule has 1 aromatic heterocycles. The lowest BCUT2D eigenvalue weighted by molar-refractivity contribution is -0.384. The summed E-state index contributed by atoms with van der Waals surface area (Å²) in [7, 11) is 0. The number of anilines is 1. The lowest BCUT2D eigenvalue weighted by Gasteiger charge is -2.24. The van der Waals surface area contributed by atoms with Gasteiger partial charge in [-0.2, -0.15) is 5.10 Å². The van der Waals surface area contributed by atoms with Gasteiger partial charge in [0.05, 0.1) is 17.2 Å². The molecule has 0 unspecified atom stereocenters. The third-order valence-electron chi connectivity index (χ3n) is 5.07. The van der Waals surface area contributed by atoms with Crippen LogP contribution in [-0.4, -0.2) is 37.6 Å². The van der Waals surface area contributed by atoms with Gasteiger partial charge in [0.2, 0.25) is 0 Å². The van der Waals surface area contributed by atoms with Crippen LogP contribution in [0.25, 0.3) is 11.3 Å². The quantitative estimate of drug-likeness (QED) is 0.446. The predicted octanol–water partition coefficient (Wildman–Crippen LogP) is 4.49. The number of carbonyl (C=O) groups excluding carboxylic acids is 2. The molecule has 0 bridgehead atoms. The van der Waals surface area contributed by atoms with Crippen molar-refractivity contribution in [1.29, 1.82) is 0 Å². The van der Waals surface area contributed by atoms with Gasteiger partial charge < -0.3 is 10.1 Å².